The number of aryl methyl sites for hydroxylation is 2. The van der Waals surface area contributed by atoms with E-state index in [1.807, 2.05) is 32.2 Å². The Morgan fingerprint density at radius 1 is 1.13 bits per heavy atom. The van der Waals surface area contributed by atoms with Gasteiger partial charge >= 0.3 is 0 Å². The first-order chi connectivity index (χ1) is 15.0. The highest BCUT2D eigenvalue weighted by atomic mass is 16.5. The number of anilines is 1. The first-order valence-corrected chi connectivity index (χ1v) is 10.9. The molecular weight excluding hydrogens is 392 g/mol. The predicted octanol–water partition coefficient (Wildman–Crippen LogP) is 2.24. The van der Waals surface area contributed by atoms with Crippen LogP contribution in [0.5, 0.6) is 0 Å². The maximum Gasteiger partial charge on any atom is 0.269 e. The van der Waals surface area contributed by atoms with E-state index in [9.17, 15) is 4.79 Å². The summed E-state index contributed by atoms with van der Waals surface area (Å²) in [7, 11) is 0. The van der Waals surface area contributed by atoms with Gasteiger partial charge in [0.2, 0.25) is 0 Å². The number of pyridine rings is 1. The average molecular weight is 419 g/mol. The monoisotopic (exact) mass is 418 g/mol. The van der Waals surface area contributed by atoms with E-state index >= 15 is 0 Å². The van der Waals surface area contributed by atoms with Gasteiger partial charge in [0.25, 0.3) is 5.56 Å². The number of hydrogen-bond donors (Lipinski definition) is 0. The van der Waals surface area contributed by atoms with Gasteiger partial charge in [-0.2, -0.15) is 5.10 Å². The van der Waals surface area contributed by atoms with Crippen molar-refractivity contribution < 1.29 is 4.52 Å². The maximum atomic E-state index is 12.8. The molecular formula is C23H26N6O2. The third-order valence-electron chi connectivity index (χ3n) is 6.89. The third kappa shape index (κ3) is 3.26. The third-order valence-corrected chi connectivity index (χ3v) is 6.89. The lowest BCUT2D eigenvalue weighted by Crippen LogP contribution is -2.72. The van der Waals surface area contributed by atoms with Gasteiger partial charge < -0.3 is 9.42 Å². The van der Waals surface area contributed by atoms with Gasteiger partial charge in [0.1, 0.15) is 11.5 Å². The molecule has 0 bridgehead atoms. The molecule has 3 fully saturated rings. The SMILES string of the molecule is Cc1ccc(-c2noc(C)c2Cn2ncc(N3CC4(C3)CN(C3CC3)C4)cc2=O)cn1. The number of hydrogen-bond acceptors (Lipinski definition) is 7. The summed E-state index contributed by atoms with van der Waals surface area (Å²) in [6, 6.07) is 6.46. The highest BCUT2D eigenvalue weighted by Gasteiger charge is 2.54. The Labute approximate surface area is 180 Å². The second-order valence-corrected chi connectivity index (χ2v) is 9.46. The Morgan fingerprint density at radius 3 is 2.61 bits per heavy atom. The maximum absolute atomic E-state index is 12.8. The molecule has 2 aliphatic heterocycles. The van der Waals surface area contributed by atoms with Crippen molar-refractivity contribution in [1.29, 1.82) is 0 Å². The van der Waals surface area contributed by atoms with Crippen LogP contribution < -0.4 is 10.5 Å². The molecule has 0 aromatic carbocycles. The van der Waals surface area contributed by atoms with Gasteiger partial charge in [0.05, 0.1) is 18.4 Å². The molecule has 3 aromatic rings. The number of rotatable bonds is 5. The van der Waals surface area contributed by atoms with Gasteiger partial charge in [-0.05, 0) is 38.8 Å². The van der Waals surface area contributed by atoms with Crippen molar-refractivity contribution in [3.8, 4) is 11.3 Å². The average Bonchev–Trinajstić information content (AvgIpc) is 3.46. The van der Waals surface area contributed by atoms with Crippen molar-refractivity contribution >= 4 is 5.69 Å². The van der Waals surface area contributed by atoms with E-state index in [0.29, 0.717) is 23.4 Å². The summed E-state index contributed by atoms with van der Waals surface area (Å²) in [5, 5.41) is 8.65. The van der Waals surface area contributed by atoms with Crippen LogP contribution in [0.2, 0.25) is 0 Å². The van der Waals surface area contributed by atoms with Gasteiger partial charge in [-0.3, -0.25) is 14.7 Å². The smallest absolute Gasteiger partial charge is 0.269 e. The molecule has 1 aliphatic carbocycles. The molecule has 0 radical (unpaired) electrons. The van der Waals surface area contributed by atoms with E-state index in [1.165, 1.54) is 30.6 Å². The molecule has 160 valence electrons. The van der Waals surface area contributed by atoms with Gasteiger partial charge in [-0.1, -0.05) is 5.16 Å². The van der Waals surface area contributed by atoms with Crippen LogP contribution in [-0.4, -0.2) is 57.0 Å². The van der Waals surface area contributed by atoms with E-state index in [1.54, 1.807) is 12.3 Å². The summed E-state index contributed by atoms with van der Waals surface area (Å²) in [5.74, 6) is 0.684. The summed E-state index contributed by atoms with van der Waals surface area (Å²) in [4.78, 5) is 22.0. The summed E-state index contributed by atoms with van der Waals surface area (Å²) < 4.78 is 6.89. The van der Waals surface area contributed by atoms with Crippen molar-refractivity contribution in [3.63, 3.8) is 0 Å². The number of aromatic nitrogens is 4. The van der Waals surface area contributed by atoms with Crippen LogP contribution in [0.15, 0.2) is 39.9 Å². The van der Waals surface area contributed by atoms with Crippen molar-refractivity contribution in [3.05, 3.63) is 58.0 Å². The Hall–Kier alpha value is -3.00. The Morgan fingerprint density at radius 2 is 1.94 bits per heavy atom. The topological polar surface area (TPSA) is 80.3 Å². The first-order valence-electron chi connectivity index (χ1n) is 10.9. The molecule has 0 unspecified atom stereocenters. The molecule has 2 saturated heterocycles. The normalized spacial score (nSPS) is 20.0. The lowest BCUT2D eigenvalue weighted by atomic mass is 9.72. The van der Waals surface area contributed by atoms with E-state index < -0.39 is 0 Å². The Balaban J connectivity index is 1.17. The molecule has 3 aliphatic rings. The fourth-order valence-corrected chi connectivity index (χ4v) is 4.94. The van der Waals surface area contributed by atoms with Crippen LogP contribution in [0.3, 0.4) is 0 Å². The fraction of sp³-hybridized carbons (Fsp3) is 0.478. The second-order valence-electron chi connectivity index (χ2n) is 9.46. The van der Waals surface area contributed by atoms with Crippen molar-refractivity contribution in [2.24, 2.45) is 5.41 Å². The minimum Gasteiger partial charge on any atom is -0.369 e. The second kappa shape index (κ2) is 6.75. The van der Waals surface area contributed by atoms with Gasteiger partial charge in [0, 0.05) is 66.7 Å². The zero-order valence-corrected chi connectivity index (χ0v) is 17.9. The molecule has 1 spiro atoms. The van der Waals surface area contributed by atoms with Gasteiger partial charge in [-0.25, -0.2) is 4.68 Å². The summed E-state index contributed by atoms with van der Waals surface area (Å²) in [5.41, 5.74) is 4.61. The van der Waals surface area contributed by atoms with E-state index in [2.05, 4.69) is 25.0 Å². The molecule has 5 heterocycles. The molecule has 3 aromatic heterocycles. The number of nitrogens with zero attached hydrogens (tertiary/aromatic N) is 6. The van der Waals surface area contributed by atoms with Crippen LogP contribution in [0.4, 0.5) is 5.69 Å². The quantitative estimate of drug-likeness (QED) is 0.629. The fourth-order valence-electron chi connectivity index (χ4n) is 4.94. The number of likely N-dealkylation sites (tertiary alicyclic amines) is 1. The molecule has 0 N–H and O–H groups in total. The van der Waals surface area contributed by atoms with Crippen molar-refractivity contribution in [2.45, 2.75) is 39.3 Å². The highest BCUT2D eigenvalue weighted by Crippen LogP contribution is 2.45. The predicted molar refractivity (Wildman–Crippen MR) is 116 cm³/mol. The molecule has 1 saturated carbocycles. The van der Waals surface area contributed by atoms with Gasteiger partial charge in [-0.15, -0.1) is 0 Å². The minimum atomic E-state index is -0.111. The van der Waals surface area contributed by atoms with Crippen LogP contribution in [0, 0.1) is 19.3 Å². The zero-order valence-electron chi connectivity index (χ0n) is 17.9. The first kappa shape index (κ1) is 18.7. The largest absolute Gasteiger partial charge is 0.369 e. The minimum absolute atomic E-state index is 0.111. The lowest BCUT2D eigenvalue weighted by Gasteiger charge is -2.61. The van der Waals surface area contributed by atoms with Crippen molar-refractivity contribution in [2.75, 3.05) is 31.1 Å². The van der Waals surface area contributed by atoms with Crippen LogP contribution >= 0.6 is 0 Å². The van der Waals surface area contributed by atoms with Crippen LogP contribution in [0.25, 0.3) is 11.3 Å². The molecule has 8 nitrogen and oxygen atoms in total. The summed E-state index contributed by atoms with van der Waals surface area (Å²) in [6.07, 6.45) is 6.33. The molecule has 8 heteroatoms. The van der Waals surface area contributed by atoms with E-state index in [-0.39, 0.29) is 5.56 Å². The summed E-state index contributed by atoms with van der Waals surface area (Å²) in [6.45, 7) is 8.59. The molecule has 0 amide bonds. The molecule has 0 atom stereocenters. The van der Waals surface area contributed by atoms with Crippen LogP contribution in [-0.2, 0) is 6.54 Å². The standard InChI is InChI=1S/C23H26N6O2/c1-15-3-4-17(8-24-15)22-20(16(2)31-26-22)10-29-21(30)7-19(9-25-29)28-13-23(14-28)11-27(12-23)18-5-6-18/h3-4,7-9,18H,5-6,10-14H2,1-2H3. The molecule has 6 rings (SSSR count). The Bertz CT molecular complexity index is 1180. The summed E-state index contributed by atoms with van der Waals surface area (Å²) >= 11 is 0. The van der Waals surface area contributed by atoms with Gasteiger partial charge in [0.15, 0.2) is 0 Å². The van der Waals surface area contributed by atoms with Crippen molar-refractivity contribution in [1.82, 2.24) is 24.8 Å². The Kier molecular flexibility index (Phi) is 4.08. The highest BCUT2D eigenvalue weighted by molar-refractivity contribution is 5.62. The van der Waals surface area contributed by atoms with E-state index in [4.69, 9.17) is 4.52 Å². The van der Waals surface area contributed by atoms with E-state index in [0.717, 1.165) is 41.6 Å². The molecule has 31 heavy (non-hydrogen) atoms. The van der Waals surface area contributed by atoms with Crippen LogP contribution in [0.1, 0.15) is 29.9 Å². The lowest BCUT2D eigenvalue weighted by molar-refractivity contribution is -0.0275. The zero-order chi connectivity index (χ0) is 21.2.